The van der Waals surface area contributed by atoms with Gasteiger partial charge in [0.05, 0.1) is 16.5 Å². The van der Waals surface area contributed by atoms with Gasteiger partial charge < -0.3 is 34.3 Å². The molecule has 50 heavy (non-hydrogen) atoms. The number of aliphatic hydroxyl groups is 3. The van der Waals surface area contributed by atoms with Crippen LogP contribution in [0.2, 0.25) is 0 Å². The van der Waals surface area contributed by atoms with Gasteiger partial charge in [-0.3, -0.25) is 14.4 Å². The van der Waals surface area contributed by atoms with E-state index in [-0.39, 0.29) is 17.5 Å². The molecule has 0 heterocycles. The molecule has 12 nitrogen and oxygen atoms in total. The second-order valence-electron chi connectivity index (χ2n) is 14.6. The van der Waals surface area contributed by atoms with E-state index in [4.69, 9.17) is 18.9 Å². The van der Waals surface area contributed by atoms with Crippen molar-refractivity contribution in [3.8, 4) is 0 Å². The highest BCUT2D eigenvalue weighted by molar-refractivity contribution is 5.97. The molecule has 3 saturated carbocycles. The molecule has 11 atom stereocenters. The summed E-state index contributed by atoms with van der Waals surface area (Å²) in [5.74, 6) is -6.89. The molecule has 0 saturated heterocycles. The Hall–Kier alpha value is -4.39. The molecule has 5 rings (SSSR count). The van der Waals surface area contributed by atoms with Crippen LogP contribution in [0.25, 0.3) is 0 Å². The first kappa shape index (κ1) is 36.9. The maximum absolute atomic E-state index is 14.7. The summed E-state index contributed by atoms with van der Waals surface area (Å²) < 4.78 is 23.6. The normalized spacial score (nSPS) is 37.3. The van der Waals surface area contributed by atoms with Crippen LogP contribution in [0.4, 0.5) is 0 Å². The van der Waals surface area contributed by atoms with Gasteiger partial charge in [0.25, 0.3) is 0 Å². The van der Waals surface area contributed by atoms with Crippen molar-refractivity contribution >= 4 is 29.7 Å². The quantitative estimate of drug-likeness (QED) is 0.219. The predicted octanol–water partition coefficient (Wildman–Crippen LogP) is 3.21. The molecule has 3 aliphatic rings. The number of ketones is 1. The second-order valence-corrected chi connectivity index (χ2v) is 14.6. The van der Waals surface area contributed by atoms with Gasteiger partial charge in [0, 0.05) is 30.6 Å². The molecule has 3 fully saturated rings. The summed E-state index contributed by atoms with van der Waals surface area (Å²) in [7, 11) is 0. The van der Waals surface area contributed by atoms with E-state index in [0.717, 1.165) is 19.9 Å². The van der Waals surface area contributed by atoms with Gasteiger partial charge >= 0.3 is 23.9 Å². The van der Waals surface area contributed by atoms with Crippen molar-refractivity contribution in [3.63, 3.8) is 0 Å². The summed E-state index contributed by atoms with van der Waals surface area (Å²) in [6.45, 7) is 12.3. The summed E-state index contributed by atoms with van der Waals surface area (Å²) >= 11 is 0. The average Bonchev–Trinajstić information content (AvgIpc) is 3.08. The van der Waals surface area contributed by atoms with E-state index < -0.39 is 100.0 Å². The van der Waals surface area contributed by atoms with E-state index in [1.807, 2.05) is 0 Å². The van der Waals surface area contributed by atoms with E-state index in [1.165, 1.54) is 31.2 Å². The zero-order valence-electron chi connectivity index (χ0n) is 28.9. The second kappa shape index (κ2) is 13.1. The minimum atomic E-state index is -2.69. The Balaban J connectivity index is 1.80. The Morgan fingerprint density at radius 3 is 1.76 bits per heavy atom. The summed E-state index contributed by atoms with van der Waals surface area (Å²) in [6.07, 6.45) is -8.93. The first-order valence-electron chi connectivity index (χ1n) is 16.5. The van der Waals surface area contributed by atoms with Crippen molar-refractivity contribution in [3.05, 3.63) is 84.4 Å². The van der Waals surface area contributed by atoms with Gasteiger partial charge in [-0.1, -0.05) is 63.2 Å². The van der Waals surface area contributed by atoms with Crippen LogP contribution in [0.15, 0.2) is 73.3 Å². The number of Topliss-reactive ketones (excluding diaryl/α,β-unsaturated/α-hetero) is 1. The number of hydrogen-bond acceptors (Lipinski definition) is 12. The lowest BCUT2D eigenvalue weighted by Gasteiger charge is -2.69. The summed E-state index contributed by atoms with van der Waals surface area (Å²) in [5, 5.41) is 37.2. The Morgan fingerprint density at radius 2 is 1.28 bits per heavy atom. The number of fused-ring (bicyclic) bond motifs is 3. The van der Waals surface area contributed by atoms with Gasteiger partial charge in [0.1, 0.15) is 36.6 Å². The van der Waals surface area contributed by atoms with Gasteiger partial charge in [0.2, 0.25) is 0 Å². The van der Waals surface area contributed by atoms with Crippen LogP contribution in [0.3, 0.4) is 0 Å². The monoisotopic (exact) mass is 692 g/mol. The number of carbonyl (C=O) groups is 5. The Morgan fingerprint density at radius 1 is 0.780 bits per heavy atom. The van der Waals surface area contributed by atoms with Gasteiger partial charge in [-0.05, 0) is 43.5 Å². The van der Waals surface area contributed by atoms with E-state index in [0.29, 0.717) is 0 Å². The molecule has 0 aliphatic heterocycles. The van der Waals surface area contributed by atoms with Crippen molar-refractivity contribution in [2.45, 2.75) is 90.2 Å². The van der Waals surface area contributed by atoms with Crippen LogP contribution < -0.4 is 0 Å². The third kappa shape index (κ3) is 5.63. The lowest BCUT2D eigenvalue weighted by atomic mass is 9.38. The number of rotatable bonds is 7. The minimum absolute atomic E-state index is 0.0977. The Labute approximate surface area is 290 Å². The molecule has 0 aromatic heterocycles. The van der Waals surface area contributed by atoms with Crippen molar-refractivity contribution in [2.24, 2.45) is 28.1 Å². The van der Waals surface area contributed by atoms with Crippen molar-refractivity contribution in [1.82, 2.24) is 0 Å². The molecule has 0 spiro atoms. The molecule has 2 aromatic rings. The van der Waals surface area contributed by atoms with Crippen molar-refractivity contribution in [1.29, 1.82) is 0 Å². The standard InChI is InChI=1S/C38H44O12/c1-8-36(6)29(42)27(49-32(43)22-15-11-9-12-16-22)28-37(7)24(19-25(47-20(2)39)38(28,46)34(36)45)35(4,5)30(48-21(3)40)26(41)31(37)50-33(44)23-17-13-10-14-18-23/h8-18,24-31,41-42,46H,1,19H2,2-7H3/t24-,25+,26-,27-,28+,29+,30+,31-,36-,37-,38-/m0/s1. The summed E-state index contributed by atoms with van der Waals surface area (Å²) in [4.78, 5) is 67.3. The lowest BCUT2D eigenvalue weighted by Crippen LogP contribution is -2.82. The molecule has 0 radical (unpaired) electrons. The van der Waals surface area contributed by atoms with Crippen LogP contribution in [-0.4, -0.2) is 87.2 Å². The molecule has 0 amide bonds. The third-order valence-electron chi connectivity index (χ3n) is 11.3. The Bertz CT molecular complexity index is 1670. The predicted molar refractivity (Wildman–Crippen MR) is 176 cm³/mol. The van der Waals surface area contributed by atoms with Gasteiger partial charge in [-0.15, -0.1) is 6.58 Å². The van der Waals surface area contributed by atoms with Gasteiger partial charge in [-0.25, -0.2) is 9.59 Å². The highest BCUT2D eigenvalue weighted by atomic mass is 16.6. The number of carbonyl (C=O) groups excluding carboxylic acids is 5. The minimum Gasteiger partial charge on any atom is -0.459 e. The number of esters is 4. The summed E-state index contributed by atoms with van der Waals surface area (Å²) in [6, 6.07) is 15.7. The van der Waals surface area contributed by atoms with Crippen LogP contribution in [0, 0.1) is 28.1 Å². The highest BCUT2D eigenvalue weighted by Crippen LogP contribution is 2.67. The molecule has 268 valence electrons. The molecule has 2 aromatic carbocycles. The number of ether oxygens (including phenoxy) is 4. The third-order valence-corrected chi connectivity index (χ3v) is 11.3. The van der Waals surface area contributed by atoms with E-state index >= 15 is 0 Å². The topological polar surface area (TPSA) is 183 Å². The lowest BCUT2D eigenvalue weighted by molar-refractivity contribution is -0.321. The summed E-state index contributed by atoms with van der Waals surface area (Å²) in [5.41, 5.74) is -7.38. The molecule has 12 heteroatoms. The molecule has 3 aliphatic carbocycles. The maximum Gasteiger partial charge on any atom is 0.338 e. The first-order chi connectivity index (χ1) is 23.4. The van der Waals surface area contributed by atoms with E-state index in [9.17, 15) is 39.3 Å². The van der Waals surface area contributed by atoms with E-state index in [1.54, 1.807) is 57.2 Å². The van der Waals surface area contributed by atoms with Crippen LogP contribution in [0.5, 0.6) is 0 Å². The number of benzene rings is 2. The first-order valence-corrected chi connectivity index (χ1v) is 16.5. The van der Waals surface area contributed by atoms with E-state index in [2.05, 4.69) is 6.58 Å². The molecule has 0 bridgehead atoms. The molecular formula is C38H44O12. The average molecular weight is 693 g/mol. The largest absolute Gasteiger partial charge is 0.459 e. The van der Waals surface area contributed by atoms with Crippen molar-refractivity contribution < 1.29 is 58.2 Å². The van der Waals surface area contributed by atoms with Crippen LogP contribution >= 0.6 is 0 Å². The SMILES string of the molecule is C=C[C@]1(C)C(=O)[C@]2(O)[C@H](OC(C)=O)C[C@H]3C(C)(C)[C@H](OC(C)=O)[C@H](O)[C@H](OC(=O)c4ccccc4)[C@]3(C)[C@H]2[C@H](OC(=O)c2ccccc2)[C@H]1O. The zero-order valence-corrected chi connectivity index (χ0v) is 28.9. The van der Waals surface area contributed by atoms with Gasteiger partial charge in [-0.2, -0.15) is 0 Å². The zero-order chi connectivity index (χ0) is 37.0. The highest BCUT2D eigenvalue weighted by Gasteiger charge is 2.80. The maximum atomic E-state index is 14.7. The van der Waals surface area contributed by atoms with Crippen molar-refractivity contribution in [2.75, 3.05) is 0 Å². The fourth-order valence-corrected chi connectivity index (χ4v) is 8.97. The smallest absolute Gasteiger partial charge is 0.338 e. The molecule has 0 unspecified atom stereocenters. The molecular weight excluding hydrogens is 648 g/mol. The Kier molecular flexibility index (Phi) is 9.63. The molecule has 3 N–H and O–H groups in total. The fraction of sp³-hybridized carbons (Fsp3) is 0.500. The van der Waals surface area contributed by atoms with Gasteiger partial charge in [0.15, 0.2) is 11.4 Å². The number of hydrogen-bond donors (Lipinski definition) is 3. The van der Waals surface area contributed by atoms with Crippen LogP contribution in [-0.2, 0) is 33.3 Å². The van der Waals surface area contributed by atoms with Crippen LogP contribution in [0.1, 0.15) is 68.7 Å². The fourth-order valence-electron chi connectivity index (χ4n) is 8.97. The number of aliphatic hydroxyl groups excluding tert-OH is 2.